The first-order valence-electron chi connectivity index (χ1n) is 36.3. The number of pyridine rings is 4. The first kappa shape index (κ1) is 85.7. The van der Waals surface area contributed by atoms with E-state index in [4.69, 9.17) is 71.3 Å². The van der Waals surface area contributed by atoms with Gasteiger partial charge in [-0.3, -0.25) is 0 Å². The molecule has 0 radical (unpaired) electrons. The normalized spacial score (nSPS) is 13.2. The first-order chi connectivity index (χ1) is 49.8. The van der Waals surface area contributed by atoms with Gasteiger partial charge in [-0.05, 0) is 220 Å². The Morgan fingerprint density at radius 3 is 1.01 bits per heavy atom. The number of H-pyrrole nitrogens is 1. The standard InChI is InChI=1S/C25H32N2O3.C24H30N2O3.C19H27ClN2O3.C17H23ClN2O3/c1-9-27-17(4)15(2)19-21(18-13-11-10-12-14-18)20(16(3)26-23(19)27)22(24(28)29-8)30-25(5,6)7;1-8-26-16(4)14(2)18-20(17-12-10-9-11-13-17)19(15(3)25-22(18)26)21(23(27)28)29-24(5,6)7;1-9-22-12(4)10(2)13-15(20)14(11(3)21-17(13)22)16(18(23)24-8)25-19(5,6)7;1-8-9(2)19-15-11(8)13(18)12(10(3)20-15)14(16(21)22-7)23-17(4,5)6/h10-14,22H,9H2,1-8H3;9-13,21H,8H2,1-7H3,(H,27,28);16H,9H2,1-8H3;14H,1-7H3,(H,19,20). The van der Waals surface area contributed by atoms with Crippen molar-refractivity contribution in [3.8, 4) is 22.3 Å². The van der Waals surface area contributed by atoms with Crippen LogP contribution in [0.5, 0.6) is 0 Å². The number of aliphatic carboxylic acids is 1. The van der Waals surface area contributed by atoms with Crippen LogP contribution in [-0.2, 0) is 72.0 Å². The highest BCUT2D eigenvalue weighted by Crippen LogP contribution is 2.46. The van der Waals surface area contributed by atoms with Crippen LogP contribution < -0.4 is 0 Å². The zero-order chi connectivity index (χ0) is 80.3. The van der Waals surface area contributed by atoms with Crippen LogP contribution in [0.15, 0.2) is 60.7 Å². The number of aromatic nitrogens is 8. The molecular formula is C85H112Cl2N8O12. The van der Waals surface area contributed by atoms with Crippen molar-refractivity contribution in [3.63, 3.8) is 0 Å². The molecule has 20 nitrogen and oxygen atoms in total. The number of esters is 3. The number of methoxy groups -OCH3 is 3. The molecule has 10 aromatic rings. The Hall–Kier alpha value is -8.50. The molecule has 4 atom stereocenters. The number of carbonyl (C=O) groups excluding carboxylic acids is 3. The number of benzene rings is 2. The number of ether oxygens (including phenoxy) is 7. The van der Waals surface area contributed by atoms with E-state index in [1.54, 1.807) is 0 Å². The van der Waals surface area contributed by atoms with Gasteiger partial charge in [0.05, 0.1) is 53.8 Å². The maximum absolute atomic E-state index is 12.9. The summed E-state index contributed by atoms with van der Waals surface area (Å²) >= 11 is 13.4. The van der Waals surface area contributed by atoms with Crippen LogP contribution in [-0.4, -0.2) is 111 Å². The summed E-state index contributed by atoms with van der Waals surface area (Å²) in [7, 11) is 4.08. The summed E-state index contributed by atoms with van der Waals surface area (Å²) in [5, 5.41) is 14.8. The number of nitrogens with one attached hydrogen (secondary N) is 1. The fourth-order valence-corrected chi connectivity index (χ4v) is 14.7. The molecule has 8 heterocycles. The molecule has 0 saturated carbocycles. The minimum atomic E-state index is -1.10. The van der Waals surface area contributed by atoms with Crippen LogP contribution in [0.2, 0.25) is 10.0 Å². The van der Waals surface area contributed by atoms with E-state index in [9.17, 15) is 24.3 Å². The summed E-state index contributed by atoms with van der Waals surface area (Å²) in [5.74, 6) is -2.40. The minimum absolute atomic E-state index is 0.421. The molecule has 2 N–H and O–H groups in total. The van der Waals surface area contributed by atoms with E-state index in [2.05, 4.69) is 91.2 Å². The van der Waals surface area contributed by atoms with Crippen molar-refractivity contribution in [1.29, 1.82) is 0 Å². The Kier molecular flexibility index (Phi) is 27.2. The maximum Gasteiger partial charge on any atom is 0.339 e. The zero-order valence-corrected chi connectivity index (χ0v) is 70.0. The second kappa shape index (κ2) is 34.0. The van der Waals surface area contributed by atoms with Crippen LogP contribution in [0.1, 0.15) is 218 Å². The van der Waals surface area contributed by atoms with Crippen molar-refractivity contribution in [2.24, 2.45) is 0 Å². The number of carboxylic acid groups (broad SMARTS) is 1. The summed E-state index contributed by atoms with van der Waals surface area (Å²) in [6, 6.07) is 20.1. The molecule has 107 heavy (non-hydrogen) atoms. The molecule has 2 aromatic carbocycles. The predicted molar refractivity (Wildman–Crippen MR) is 428 cm³/mol. The number of nitrogens with zero attached hydrogens (tertiary/aromatic N) is 7. The van der Waals surface area contributed by atoms with E-state index >= 15 is 0 Å². The second-order valence-corrected chi connectivity index (χ2v) is 31.7. The highest BCUT2D eigenvalue weighted by Gasteiger charge is 2.39. The van der Waals surface area contributed by atoms with Crippen molar-refractivity contribution >= 4 is 91.2 Å². The second-order valence-electron chi connectivity index (χ2n) is 31.0. The lowest BCUT2D eigenvalue weighted by Crippen LogP contribution is -2.29. The number of halogens is 2. The lowest BCUT2D eigenvalue weighted by atomic mass is 9.91. The van der Waals surface area contributed by atoms with Crippen LogP contribution in [0.4, 0.5) is 0 Å². The molecule has 0 bridgehead atoms. The first-order valence-corrected chi connectivity index (χ1v) is 37.1. The number of hydrogen-bond acceptors (Lipinski definition) is 15. The molecule has 0 spiro atoms. The van der Waals surface area contributed by atoms with E-state index in [-0.39, 0.29) is 0 Å². The van der Waals surface area contributed by atoms with Crippen LogP contribution in [0.3, 0.4) is 0 Å². The van der Waals surface area contributed by atoms with Gasteiger partial charge >= 0.3 is 23.9 Å². The fourth-order valence-electron chi connectivity index (χ4n) is 13.8. The van der Waals surface area contributed by atoms with E-state index in [1.165, 1.54) is 32.6 Å². The van der Waals surface area contributed by atoms with Crippen LogP contribution in [0, 0.1) is 83.1 Å². The topological polar surface area (TPSA) is 235 Å². The molecule has 10 rings (SSSR count). The minimum Gasteiger partial charge on any atom is -0.479 e. The molecule has 0 aliphatic rings. The molecule has 22 heteroatoms. The lowest BCUT2D eigenvalue weighted by Gasteiger charge is -2.28. The third-order valence-corrected chi connectivity index (χ3v) is 19.8. The summed E-state index contributed by atoms with van der Waals surface area (Å²) in [4.78, 5) is 72.2. The van der Waals surface area contributed by atoms with Gasteiger partial charge < -0.3 is 56.9 Å². The van der Waals surface area contributed by atoms with Gasteiger partial charge in [-0.2, -0.15) is 0 Å². The van der Waals surface area contributed by atoms with Crippen molar-refractivity contribution in [2.45, 2.75) is 253 Å². The molecular weight excluding hydrogens is 1400 g/mol. The SMILES string of the molecule is CCn1c(C)c(C)c2c(-c3ccccc3)c(C(OC(C)(C)C)C(=O)O)c(C)nc21.CCn1c(C)c(C)c2c(-c3ccccc3)c(C(OC(C)(C)C)C(=O)OC)c(C)nc21.CCn1c(C)c(C)c2c(Cl)c(C(OC(C)(C)C)C(=O)OC)c(C)nc21.COC(=O)C(OC(C)(C)C)c1c(C)nc2[nH]c(C)c(C)c2c1Cl. The van der Waals surface area contributed by atoms with Gasteiger partial charge in [-0.15, -0.1) is 0 Å². The monoisotopic (exact) mass is 1510 g/mol. The fraction of sp³-hybridized carbons (Fsp3) is 0.482. The molecule has 578 valence electrons. The van der Waals surface area contributed by atoms with E-state index in [0.29, 0.717) is 49.5 Å². The van der Waals surface area contributed by atoms with Gasteiger partial charge in [-0.25, -0.2) is 39.1 Å². The van der Waals surface area contributed by atoms with Crippen molar-refractivity contribution < 1.29 is 57.4 Å². The molecule has 4 unspecified atom stereocenters. The molecule has 0 aliphatic carbocycles. The molecule has 0 aliphatic heterocycles. The zero-order valence-electron chi connectivity index (χ0n) is 68.5. The molecule has 0 saturated heterocycles. The predicted octanol–water partition coefficient (Wildman–Crippen LogP) is 20.1. The Labute approximate surface area is 641 Å². The smallest absolute Gasteiger partial charge is 0.339 e. The number of carboxylic acids is 1. The van der Waals surface area contributed by atoms with Crippen molar-refractivity contribution in [3.05, 3.63) is 161 Å². The van der Waals surface area contributed by atoms with Crippen LogP contribution in [0.25, 0.3) is 66.4 Å². The Morgan fingerprint density at radius 2 is 0.692 bits per heavy atom. The summed E-state index contributed by atoms with van der Waals surface area (Å²) in [5.41, 5.74) is 19.2. The van der Waals surface area contributed by atoms with Gasteiger partial charge in [0.25, 0.3) is 0 Å². The molecule has 8 aromatic heterocycles. The van der Waals surface area contributed by atoms with Gasteiger partial charge in [0.15, 0.2) is 24.4 Å². The number of aromatic amines is 1. The molecule has 0 fully saturated rings. The summed E-state index contributed by atoms with van der Waals surface area (Å²) < 4.78 is 45.8. The molecule has 0 amide bonds. The average molecular weight is 1510 g/mol. The van der Waals surface area contributed by atoms with E-state index in [0.717, 1.165) is 125 Å². The third kappa shape index (κ3) is 18.5. The van der Waals surface area contributed by atoms with Gasteiger partial charge in [0, 0.05) is 120 Å². The van der Waals surface area contributed by atoms with Gasteiger partial charge in [0.1, 0.15) is 22.6 Å². The Morgan fingerprint density at radius 1 is 0.411 bits per heavy atom. The van der Waals surface area contributed by atoms with Crippen LogP contribution >= 0.6 is 23.2 Å². The Bertz CT molecular complexity index is 4940. The third-order valence-electron chi connectivity index (χ3n) is 19.0. The van der Waals surface area contributed by atoms with E-state index < -0.39 is 70.7 Å². The Balaban J connectivity index is 0.000000200. The summed E-state index contributed by atoms with van der Waals surface area (Å²) in [6.07, 6.45) is -3.81. The van der Waals surface area contributed by atoms with Crippen molar-refractivity contribution in [2.75, 3.05) is 21.3 Å². The maximum atomic E-state index is 12.9. The number of rotatable bonds is 17. The number of aryl methyl sites for hydroxylation is 12. The van der Waals surface area contributed by atoms with Gasteiger partial charge in [0.2, 0.25) is 0 Å². The number of fused-ring (bicyclic) bond motifs is 4. The highest BCUT2D eigenvalue weighted by molar-refractivity contribution is 6.37. The highest BCUT2D eigenvalue weighted by atomic mass is 35.5. The van der Waals surface area contributed by atoms with Gasteiger partial charge in [-0.1, -0.05) is 83.9 Å². The van der Waals surface area contributed by atoms with Crippen molar-refractivity contribution in [1.82, 2.24) is 38.6 Å². The largest absolute Gasteiger partial charge is 0.479 e. The summed E-state index contributed by atoms with van der Waals surface area (Å²) in [6.45, 7) is 55.4. The lowest BCUT2D eigenvalue weighted by molar-refractivity contribution is -0.164. The van der Waals surface area contributed by atoms with E-state index in [1.807, 2.05) is 180 Å². The average Bonchev–Trinajstić information content (AvgIpc) is 1.63. The quantitative estimate of drug-likeness (QED) is 0.0637. The number of carbonyl (C=O) groups is 4. The number of hydrogen-bond donors (Lipinski definition) is 2.